The quantitative estimate of drug-likeness (QED) is 0.461. The Morgan fingerprint density at radius 2 is 1.82 bits per heavy atom. The predicted octanol–water partition coefficient (Wildman–Crippen LogP) is 4.29. The molecule has 1 N–H and O–H groups in total. The largest absolute Gasteiger partial charge is 0.454 e. The van der Waals surface area contributed by atoms with Crippen LogP contribution in [0.1, 0.15) is 22.8 Å². The van der Waals surface area contributed by atoms with Gasteiger partial charge in [0.1, 0.15) is 23.7 Å². The van der Waals surface area contributed by atoms with Gasteiger partial charge < -0.3 is 19.5 Å². The SMILES string of the molecule is Cc1nc(Oc2ccc(NC(=O)Cc3ccc4c(c3)OCO4)cc2)cc(-n2cnc(C)c2C)n1. The fourth-order valence-electron chi connectivity index (χ4n) is 3.60. The molecular weight excluding hydrogens is 434 g/mol. The van der Waals surface area contributed by atoms with Crippen LogP contribution in [-0.2, 0) is 11.2 Å². The van der Waals surface area contributed by atoms with E-state index in [0.717, 1.165) is 17.0 Å². The molecule has 3 heterocycles. The molecule has 34 heavy (non-hydrogen) atoms. The highest BCUT2D eigenvalue weighted by Crippen LogP contribution is 2.32. The van der Waals surface area contributed by atoms with E-state index in [-0.39, 0.29) is 19.1 Å². The number of nitrogens with one attached hydrogen (secondary N) is 1. The molecule has 172 valence electrons. The van der Waals surface area contributed by atoms with Crippen LogP contribution in [0.5, 0.6) is 23.1 Å². The molecule has 2 aromatic carbocycles. The van der Waals surface area contributed by atoms with Crippen molar-refractivity contribution < 1.29 is 19.0 Å². The molecule has 1 aliphatic heterocycles. The molecule has 1 aliphatic rings. The predicted molar refractivity (Wildman–Crippen MR) is 125 cm³/mol. The smallest absolute Gasteiger partial charge is 0.231 e. The van der Waals surface area contributed by atoms with Crippen LogP contribution in [0.4, 0.5) is 5.69 Å². The van der Waals surface area contributed by atoms with Gasteiger partial charge in [0.2, 0.25) is 18.6 Å². The zero-order valence-corrected chi connectivity index (χ0v) is 19.0. The fourth-order valence-corrected chi connectivity index (χ4v) is 3.60. The Labute approximate surface area is 196 Å². The zero-order valence-electron chi connectivity index (χ0n) is 19.0. The summed E-state index contributed by atoms with van der Waals surface area (Å²) in [5.74, 6) is 3.52. The zero-order chi connectivity index (χ0) is 23.7. The highest BCUT2D eigenvalue weighted by Gasteiger charge is 2.15. The number of aryl methyl sites for hydroxylation is 2. The van der Waals surface area contributed by atoms with Crippen LogP contribution in [-0.4, -0.2) is 32.2 Å². The van der Waals surface area contributed by atoms with Crippen LogP contribution in [0, 0.1) is 20.8 Å². The number of amides is 1. The minimum Gasteiger partial charge on any atom is -0.454 e. The number of benzene rings is 2. The Balaban J connectivity index is 1.24. The van der Waals surface area contributed by atoms with Gasteiger partial charge in [0, 0.05) is 17.4 Å². The lowest BCUT2D eigenvalue weighted by atomic mass is 10.1. The van der Waals surface area contributed by atoms with E-state index in [1.54, 1.807) is 36.7 Å². The average Bonchev–Trinajstić information content (AvgIpc) is 3.41. The number of aromatic nitrogens is 4. The lowest BCUT2D eigenvalue weighted by Crippen LogP contribution is -2.14. The second-order valence-corrected chi connectivity index (χ2v) is 7.94. The first-order chi connectivity index (χ1) is 16.4. The fraction of sp³-hybridized carbons (Fsp3) is 0.200. The number of ether oxygens (including phenoxy) is 3. The minimum atomic E-state index is -0.130. The van der Waals surface area contributed by atoms with Crippen molar-refractivity contribution in [2.75, 3.05) is 12.1 Å². The van der Waals surface area contributed by atoms with Gasteiger partial charge in [-0.1, -0.05) is 6.07 Å². The summed E-state index contributed by atoms with van der Waals surface area (Å²) in [6, 6.07) is 14.4. The third-order valence-electron chi connectivity index (χ3n) is 5.46. The van der Waals surface area contributed by atoms with E-state index < -0.39 is 0 Å². The Morgan fingerprint density at radius 1 is 1.03 bits per heavy atom. The number of imidazole rings is 1. The number of carbonyl (C=O) groups is 1. The van der Waals surface area contributed by atoms with Gasteiger partial charge in [0.15, 0.2) is 11.5 Å². The van der Waals surface area contributed by atoms with E-state index in [1.807, 2.05) is 43.5 Å². The topological polar surface area (TPSA) is 100 Å². The van der Waals surface area contributed by atoms with E-state index >= 15 is 0 Å². The molecule has 9 heteroatoms. The molecule has 0 unspecified atom stereocenters. The summed E-state index contributed by atoms with van der Waals surface area (Å²) in [7, 11) is 0. The standard InChI is InChI=1S/C25H23N5O4/c1-15-16(2)30(13-26-15)23-12-25(28-17(3)27-23)34-20-7-5-19(6-8-20)29-24(31)11-18-4-9-21-22(10-18)33-14-32-21/h4-10,12-13H,11,14H2,1-3H3,(H,29,31). The van der Waals surface area contributed by atoms with E-state index in [2.05, 4.69) is 20.3 Å². The maximum absolute atomic E-state index is 12.5. The number of carbonyl (C=O) groups excluding carboxylic acids is 1. The van der Waals surface area contributed by atoms with E-state index in [4.69, 9.17) is 14.2 Å². The van der Waals surface area contributed by atoms with Crippen LogP contribution in [0.2, 0.25) is 0 Å². The number of hydrogen-bond acceptors (Lipinski definition) is 7. The molecule has 0 saturated heterocycles. The second-order valence-electron chi connectivity index (χ2n) is 7.94. The molecule has 0 radical (unpaired) electrons. The Morgan fingerprint density at radius 3 is 2.59 bits per heavy atom. The number of fused-ring (bicyclic) bond motifs is 1. The van der Waals surface area contributed by atoms with Gasteiger partial charge in [-0.25, -0.2) is 9.97 Å². The summed E-state index contributed by atoms with van der Waals surface area (Å²) in [5, 5.41) is 2.90. The Bertz CT molecular complexity index is 1360. The lowest BCUT2D eigenvalue weighted by molar-refractivity contribution is -0.115. The normalized spacial score (nSPS) is 12.0. The molecule has 0 fully saturated rings. The summed E-state index contributed by atoms with van der Waals surface area (Å²) in [4.78, 5) is 25.7. The first-order valence-corrected chi connectivity index (χ1v) is 10.8. The molecule has 0 aliphatic carbocycles. The first kappa shape index (κ1) is 21.4. The van der Waals surface area contributed by atoms with Gasteiger partial charge in [-0.3, -0.25) is 9.36 Å². The summed E-state index contributed by atoms with van der Waals surface area (Å²) in [5.41, 5.74) is 3.46. The third kappa shape index (κ3) is 4.54. The van der Waals surface area contributed by atoms with Crippen LogP contribution >= 0.6 is 0 Å². The monoisotopic (exact) mass is 457 g/mol. The van der Waals surface area contributed by atoms with Crippen LogP contribution in [0.25, 0.3) is 5.82 Å². The molecule has 0 atom stereocenters. The summed E-state index contributed by atoms with van der Waals surface area (Å²) in [6.45, 7) is 5.96. The average molecular weight is 457 g/mol. The highest BCUT2D eigenvalue weighted by molar-refractivity contribution is 5.92. The van der Waals surface area contributed by atoms with Gasteiger partial charge >= 0.3 is 0 Å². The molecule has 4 aromatic rings. The molecule has 0 spiro atoms. The molecule has 0 saturated carbocycles. The molecule has 1 amide bonds. The Kier molecular flexibility index (Phi) is 5.59. The lowest BCUT2D eigenvalue weighted by Gasteiger charge is -2.10. The van der Waals surface area contributed by atoms with Crippen molar-refractivity contribution in [3.63, 3.8) is 0 Å². The van der Waals surface area contributed by atoms with Gasteiger partial charge in [-0.2, -0.15) is 4.98 Å². The van der Waals surface area contributed by atoms with Crippen molar-refractivity contribution in [2.45, 2.75) is 27.2 Å². The maximum Gasteiger partial charge on any atom is 0.231 e. The summed E-state index contributed by atoms with van der Waals surface area (Å²) in [6.07, 6.45) is 1.96. The molecule has 0 bridgehead atoms. The molecular formula is C25H23N5O4. The van der Waals surface area contributed by atoms with Crippen molar-refractivity contribution in [1.82, 2.24) is 19.5 Å². The number of rotatable bonds is 6. The van der Waals surface area contributed by atoms with Crippen LogP contribution < -0.4 is 19.5 Å². The van der Waals surface area contributed by atoms with Crippen molar-refractivity contribution in [1.29, 1.82) is 0 Å². The second kappa shape index (κ2) is 8.86. The molecule has 5 rings (SSSR count). The third-order valence-corrected chi connectivity index (χ3v) is 5.46. The van der Waals surface area contributed by atoms with E-state index in [1.165, 1.54) is 0 Å². The van der Waals surface area contributed by atoms with Crippen molar-refractivity contribution in [3.05, 3.63) is 77.6 Å². The number of hydrogen-bond donors (Lipinski definition) is 1. The van der Waals surface area contributed by atoms with Crippen molar-refractivity contribution in [3.8, 4) is 28.9 Å². The molecule has 2 aromatic heterocycles. The van der Waals surface area contributed by atoms with Crippen molar-refractivity contribution >= 4 is 11.6 Å². The van der Waals surface area contributed by atoms with Gasteiger partial charge in [0.05, 0.1) is 12.1 Å². The van der Waals surface area contributed by atoms with Crippen LogP contribution in [0.3, 0.4) is 0 Å². The van der Waals surface area contributed by atoms with Gasteiger partial charge in [-0.15, -0.1) is 0 Å². The van der Waals surface area contributed by atoms with Gasteiger partial charge in [0.25, 0.3) is 0 Å². The summed E-state index contributed by atoms with van der Waals surface area (Å²) < 4.78 is 18.5. The highest BCUT2D eigenvalue weighted by atomic mass is 16.7. The van der Waals surface area contributed by atoms with Crippen molar-refractivity contribution in [2.24, 2.45) is 0 Å². The number of nitrogens with zero attached hydrogens (tertiary/aromatic N) is 4. The van der Waals surface area contributed by atoms with Crippen LogP contribution in [0.15, 0.2) is 54.9 Å². The Hall–Kier alpha value is -4.40. The van der Waals surface area contributed by atoms with Gasteiger partial charge in [-0.05, 0) is 62.7 Å². The minimum absolute atomic E-state index is 0.130. The molecule has 9 nitrogen and oxygen atoms in total. The number of anilines is 1. The maximum atomic E-state index is 12.5. The van der Waals surface area contributed by atoms with E-state index in [0.29, 0.717) is 40.5 Å². The van der Waals surface area contributed by atoms with E-state index in [9.17, 15) is 4.79 Å². The first-order valence-electron chi connectivity index (χ1n) is 10.8. The summed E-state index contributed by atoms with van der Waals surface area (Å²) >= 11 is 0.